The van der Waals surface area contributed by atoms with Gasteiger partial charge in [-0.25, -0.2) is 19.0 Å². The maximum Gasteiger partial charge on any atom is 0.306 e. The summed E-state index contributed by atoms with van der Waals surface area (Å²) in [6, 6.07) is 6.20. The smallest absolute Gasteiger partial charge is 0.306 e. The minimum Gasteiger partial charge on any atom is -0.466 e. The SMILES string of the molecule is CCCc1nc(N2CCCN(C(=O)CCC(=O)OCC)CC2)c2c(C)nn(-c3ccc(F)cc3)c2n1. The second-order valence-electron chi connectivity index (χ2n) is 8.91. The van der Waals surface area contributed by atoms with E-state index < -0.39 is 0 Å². The van der Waals surface area contributed by atoms with Gasteiger partial charge in [-0.15, -0.1) is 0 Å². The van der Waals surface area contributed by atoms with Crippen LogP contribution in [0, 0.1) is 12.7 Å². The van der Waals surface area contributed by atoms with E-state index in [1.54, 1.807) is 23.7 Å². The van der Waals surface area contributed by atoms with Crippen molar-refractivity contribution in [3.63, 3.8) is 0 Å². The van der Waals surface area contributed by atoms with Gasteiger partial charge < -0.3 is 14.5 Å². The van der Waals surface area contributed by atoms with E-state index in [4.69, 9.17) is 19.8 Å². The Hall–Kier alpha value is -3.56. The van der Waals surface area contributed by atoms with Crippen LogP contribution in [0.15, 0.2) is 24.3 Å². The van der Waals surface area contributed by atoms with Crippen molar-refractivity contribution in [2.75, 3.05) is 37.7 Å². The Morgan fingerprint density at radius 3 is 2.53 bits per heavy atom. The van der Waals surface area contributed by atoms with E-state index in [0.29, 0.717) is 31.9 Å². The van der Waals surface area contributed by atoms with Gasteiger partial charge in [0.15, 0.2) is 5.65 Å². The van der Waals surface area contributed by atoms with Crippen LogP contribution in [0.2, 0.25) is 0 Å². The molecule has 1 aliphatic rings. The Labute approximate surface area is 210 Å². The van der Waals surface area contributed by atoms with Crippen LogP contribution in [0.3, 0.4) is 0 Å². The van der Waals surface area contributed by atoms with Gasteiger partial charge in [0.2, 0.25) is 5.91 Å². The predicted molar refractivity (Wildman–Crippen MR) is 135 cm³/mol. The Bertz CT molecular complexity index is 1230. The van der Waals surface area contributed by atoms with Crippen molar-refractivity contribution in [3.8, 4) is 5.69 Å². The van der Waals surface area contributed by atoms with E-state index in [2.05, 4.69) is 11.8 Å². The van der Waals surface area contributed by atoms with Gasteiger partial charge in [0.05, 0.1) is 29.8 Å². The Morgan fingerprint density at radius 2 is 1.81 bits per heavy atom. The topological polar surface area (TPSA) is 93.5 Å². The molecule has 0 radical (unpaired) electrons. The summed E-state index contributed by atoms with van der Waals surface area (Å²) in [4.78, 5) is 38.1. The molecule has 2 aromatic heterocycles. The number of benzene rings is 1. The van der Waals surface area contributed by atoms with Crippen LogP contribution in [0.4, 0.5) is 10.2 Å². The van der Waals surface area contributed by atoms with Crippen molar-refractivity contribution in [2.45, 2.75) is 52.9 Å². The van der Waals surface area contributed by atoms with Gasteiger partial charge in [0.25, 0.3) is 0 Å². The molecule has 1 saturated heterocycles. The number of carbonyl (C=O) groups excluding carboxylic acids is 2. The highest BCUT2D eigenvalue weighted by Crippen LogP contribution is 2.30. The lowest BCUT2D eigenvalue weighted by molar-refractivity contribution is -0.145. The number of anilines is 1. The highest BCUT2D eigenvalue weighted by atomic mass is 19.1. The first-order valence-corrected chi connectivity index (χ1v) is 12.6. The molecule has 0 atom stereocenters. The second-order valence-corrected chi connectivity index (χ2v) is 8.91. The van der Waals surface area contributed by atoms with Crippen molar-refractivity contribution in [3.05, 3.63) is 41.6 Å². The average molecular weight is 497 g/mol. The van der Waals surface area contributed by atoms with Crippen molar-refractivity contribution >= 4 is 28.7 Å². The molecule has 1 aromatic carbocycles. The number of halogens is 1. The number of fused-ring (bicyclic) bond motifs is 1. The van der Waals surface area contributed by atoms with Crippen LogP contribution < -0.4 is 4.90 Å². The summed E-state index contributed by atoms with van der Waals surface area (Å²) >= 11 is 0. The van der Waals surface area contributed by atoms with E-state index in [1.165, 1.54) is 12.1 Å². The highest BCUT2D eigenvalue weighted by Gasteiger charge is 2.25. The number of amides is 1. The summed E-state index contributed by atoms with van der Waals surface area (Å²) in [7, 11) is 0. The van der Waals surface area contributed by atoms with Gasteiger partial charge in [-0.05, 0) is 51.0 Å². The lowest BCUT2D eigenvalue weighted by atomic mass is 10.2. The first-order chi connectivity index (χ1) is 17.4. The predicted octanol–water partition coefficient (Wildman–Crippen LogP) is 3.60. The van der Waals surface area contributed by atoms with Crippen molar-refractivity contribution in [1.82, 2.24) is 24.6 Å². The molecular weight excluding hydrogens is 463 g/mol. The maximum atomic E-state index is 13.5. The van der Waals surface area contributed by atoms with E-state index in [-0.39, 0.29) is 30.5 Å². The van der Waals surface area contributed by atoms with Crippen molar-refractivity contribution in [1.29, 1.82) is 0 Å². The molecule has 0 saturated carbocycles. The van der Waals surface area contributed by atoms with Crippen LogP contribution in [-0.4, -0.2) is 69.3 Å². The largest absolute Gasteiger partial charge is 0.466 e. The van der Waals surface area contributed by atoms with Crippen LogP contribution in [0.1, 0.15) is 51.0 Å². The molecule has 10 heteroatoms. The normalized spacial score (nSPS) is 14.2. The molecule has 0 spiro atoms. The van der Waals surface area contributed by atoms with Crippen molar-refractivity contribution in [2.24, 2.45) is 0 Å². The summed E-state index contributed by atoms with van der Waals surface area (Å²) in [6.45, 7) is 8.60. The number of aromatic nitrogens is 4. The summed E-state index contributed by atoms with van der Waals surface area (Å²) in [5, 5.41) is 5.59. The number of esters is 1. The summed E-state index contributed by atoms with van der Waals surface area (Å²) < 4.78 is 20.2. The maximum absolute atomic E-state index is 13.5. The Balaban J connectivity index is 1.61. The number of hydrogen-bond donors (Lipinski definition) is 0. The minimum absolute atomic E-state index is 0.0373. The highest BCUT2D eigenvalue weighted by molar-refractivity contribution is 5.91. The lowest BCUT2D eigenvalue weighted by Crippen LogP contribution is -2.35. The number of aryl methyl sites for hydroxylation is 2. The fourth-order valence-electron chi connectivity index (χ4n) is 4.51. The van der Waals surface area contributed by atoms with E-state index in [9.17, 15) is 14.0 Å². The van der Waals surface area contributed by atoms with E-state index >= 15 is 0 Å². The Morgan fingerprint density at radius 1 is 1.03 bits per heavy atom. The molecule has 0 aliphatic carbocycles. The zero-order valence-electron chi connectivity index (χ0n) is 21.2. The molecule has 0 unspecified atom stereocenters. The number of rotatable bonds is 8. The molecule has 3 heterocycles. The molecular formula is C26H33FN6O3. The fraction of sp³-hybridized carbons (Fsp3) is 0.500. The minimum atomic E-state index is -0.345. The van der Waals surface area contributed by atoms with Gasteiger partial charge in [0, 0.05) is 39.0 Å². The molecule has 9 nitrogen and oxygen atoms in total. The molecule has 36 heavy (non-hydrogen) atoms. The quantitative estimate of drug-likeness (QED) is 0.440. The van der Waals surface area contributed by atoms with Crippen molar-refractivity contribution < 1.29 is 18.7 Å². The third-order valence-electron chi connectivity index (χ3n) is 6.27. The molecule has 1 aliphatic heterocycles. The third kappa shape index (κ3) is 5.63. The summed E-state index contributed by atoms with van der Waals surface area (Å²) in [5.74, 6) is 0.859. The third-order valence-corrected chi connectivity index (χ3v) is 6.27. The standard InChI is InChI=1S/C26H33FN6O3/c1-4-7-21-28-25(24-18(3)30-33(26(24)29-21)20-10-8-19(27)9-11-20)32-15-6-14-31(16-17-32)22(34)12-13-23(35)36-5-2/h8-11H,4-7,12-17H2,1-3H3. The molecule has 0 N–H and O–H groups in total. The van der Waals surface area contributed by atoms with Crippen LogP contribution in [0.5, 0.6) is 0 Å². The number of hydrogen-bond acceptors (Lipinski definition) is 7. The first-order valence-electron chi connectivity index (χ1n) is 12.6. The monoisotopic (exact) mass is 496 g/mol. The molecule has 4 rings (SSSR count). The first kappa shape index (κ1) is 25.5. The second kappa shape index (κ2) is 11.5. The van der Waals surface area contributed by atoms with E-state index in [1.807, 2.05) is 11.8 Å². The molecule has 1 fully saturated rings. The van der Waals surface area contributed by atoms with E-state index in [0.717, 1.165) is 54.2 Å². The van der Waals surface area contributed by atoms with Crippen LogP contribution in [0.25, 0.3) is 16.7 Å². The van der Waals surface area contributed by atoms with Crippen LogP contribution in [-0.2, 0) is 20.7 Å². The molecule has 1 amide bonds. The summed E-state index contributed by atoms with van der Waals surface area (Å²) in [6.07, 6.45) is 2.66. The molecule has 3 aromatic rings. The van der Waals surface area contributed by atoms with Gasteiger partial charge in [-0.3, -0.25) is 9.59 Å². The number of carbonyl (C=O) groups is 2. The van der Waals surface area contributed by atoms with Crippen LogP contribution >= 0.6 is 0 Å². The molecule has 192 valence electrons. The van der Waals surface area contributed by atoms with Gasteiger partial charge in [-0.2, -0.15) is 5.10 Å². The zero-order chi connectivity index (χ0) is 25.7. The van der Waals surface area contributed by atoms with Gasteiger partial charge in [0.1, 0.15) is 17.5 Å². The average Bonchev–Trinajstić information content (AvgIpc) is 3.03. The lowest BCUT2D eigenvalue weighted by Gasteiger charge is -2.24. The number of ether oxygens (including phenoxy) is 1. The van der Waals surface area contributed by atoms with Gasteiger partial charge >= 0.3 is 5.97 Å². The zero-order valence-corrected chi connectivity index (χ0v) is 21.2. The fourth-order valence-corrected chi connectivity index (χ4v) is 4.51. The Kier molecular flexibility index (Phi) is 8.12. The number of nitrogens with zero attached hydrogens (tertiary/aromatic N) is 6. The van der Waals surface area contributed by atoms with Gasteiger partial charge in [-0.1, -0.05) is 6.92 Å². The molecule has 0 bridgehead atoms. The summed E-state index contributed by atoms with van der Waals surface area (Å²) in [5.41, 5.74) is 2.22.